The van der Waals surface area contributed by atoms with E-state index in [4.69, 9.17) is 4.74 Å². The van der Waals surface area contributed by atoms with Gasteiger partial charge >= 0.3 is 0 Å². The lowest BCUT2D eigenvalue weighted by Crippen LogP contribution is -2.64. The van der Waals surface area contributed by atoms with Crippen LogP contribution in [0.4, 0.5) is 0 Å². The van der Waals surface area contributed by atoms with E-state index < -0.39 is 5.60 Å². The largest absolute Gasteiger partial charge is 0.382 e. The van der Waals surface area contributed by atoms with Crippen molar-refractivity contribution >= 4 is 0 Å². The highest BCUT2D eigenvalue weighted by Crippen LogP contribution is 2.42. The molecule has 0 aromatic heterocycles. The summed E-state index contributed by atoms with van der Waals surface area (Å²) in [5, 5.41) is 11.7. The van der Waals surface area contributed by atoms with Gasteiger partial charge in [0.2, 0.25) is 0 Å². The monoisotopic (exact) mass is 356 g/mol. The molecule has 3 nitrogen and oxygen atoms in total. The highest BCUT2D eigenvalue weighted by molar-refractivity contribution is 5.24. The Morgan fingerprint density at radius 1 is 1.12 bits per heavy atom. The molecule has 4 aliphatic rings. The maximum Gasteiger partial charge on any atom is 0.116 e. The average Bonchev–Trinajstić information content (AvgIpc) is 3.23. The predicted molar refractivity (Wildman–Crippen MR) is 105 cm³/mol. The molecule has 4 fully saturated rings. The summed E-state index contributed by atoms with van der Waals surface area (Å²) in [4.78, 5) is 0. The highest BCUT2D eigenvalue weighted by Gasteiger charge is 2.47. The van der Waals surface area contributed by atoms with Crippen molar-refractivity contribution in [2.45, 2.75) is 50.2 Å². The Bertz CT molecular complexity index is 602. The number of piperidine rings is 3. The third-order valence-electron chi connectivity index (χ3n) is 7.38. The Kier molecular flexibility index (Phi) is 5.22. The van der Waals surface area contributed by atoms with E-state index in [2.05, 4.69) is 24.8 Å². The number of ether oxygens (including phenoxy) is 1. The summed E-state index contributed by atoms with van der Waals surface area (Å²) in [6, 6.07) is 10.2. The Morgan fingerprint density at radius 3 is 2.46 bits per heavy atom. The maximum atomic E-state index is 11.7. The van der Waals surface area contributed by atoms with Gasteiger partial charge in [-0.15, -0.1) is 0 Å². The fourth-order valence-electron chi connectivity index (χ4n) is 5.74. The van der Waals surface area contributed by atoms with E-state index in [0.29, 0.717) is 18.4 Å². The summed E-state index contributed by atoms with van der Waals surface area (Å²) in [6.07, 6.45) is 9.54. The summed E-state index contributed by atoms with van der Waals surface area (Å²) in [5.41, 5.74) is 0.190. The zero-order valence-electron chi connectivity index (χ0n) is 16.0. The molecule has 3 heteroatoms. The molecule has 0 spiro atoms. The minimum atomic E-state index is -0.840. The molecule has 0 radical (unpaired) electrons. The van der Waals surface area contributed by atoms with Crippen molar-refractivity contribution in [1.29, 1.82) is 0 Å². The number of hydrogen-bond acceptors (Lipinski definition) is 2. The van der Waals surface area contributed by atoms with Crippen LogP contribution in [0.25, 0.3) is 0 Å². The van der Waals surface area contributed by atoms with Crippen LogP contribution in [0.15, 0.2) is 43.0 Å². The Hall–Kier alpha value is -1.16. The summed E-state index contributed by atoms with van der Waals surface area (Å²) in [6.45, 7) is 9.09. The first kappa shape index (κ1) is 18.2. The molecule has 2 bridgehead atoms. The van der Waals surface area contributed by atoms with Crippen LogP contribution in [0.5, 0.6) is 0 Å². The molecule has 142 valence electrons. The van der Waals surface area contributed by atoms with Crippen LogP contribution in [0, 0.1) is 11.8 Å². The van der Waals surface area contributed by atoms with E-state index in [1.165, 1.54) is 38.8 Å². The van der Waals surface area contributed by atoms with Gasteiger partial charge in [0.1, 0.15) is 18.2 Å². The minimum Gasteiger partial charge on any atom is -0.382 e. The Labute approximate surface area is 158 Å². The first-order chi connectivity index (χ1) is 12.7. The van der Waals surface area contributed by atoms with Crippen molar-refractivity contribution in [3.8, 4) is 0 Å². The second kappa shape index (κ2) is 7.46. The smallest absolute Gasteiger partial charge is 0.116 e. The van der Waals surface area contributed by atoms with E-state index in [-0.39, 0.29) is 6.10 Å². The second-order valence-electron chi connectivity index (χ2n) is 8.90. The molecule has 0 amide bonds. The minimum absolute atomic E-state index is 0.286. The second-order valence-corrected chi connectivity index (χ2v) is 8.90. The molecule has 1 aromatic carbocycles. The zero-order valence-corrected chi connectivity index (χ0v) is 16.0. The Morgan fingerprint density at radius 2 is 1.81 bits per heavy atom. The predicted octanol–water partition coefficient (Wildman–Crippen LogP) is 3.88. The molecule has 1 aliphatic carbocycles. The molecule has 3 aliphatic heterocycles. The van der Waals surface area contributed by atoms with E-state index in [1.807, 2.05) is 18.2 Å². The fraction of sp³-hybridized carbons (Fsp3) is 0.652. The fourth-order valence-corrected chi connectivity index (χ4v) is 5.74. The molecule has 1 saturated carbocycles. The van der Waals surface area contributed by atoms with Crippen LogP contribution in [0.2, 0.25) is 0 Å². The molecule has 1 aromatic rings. The van der Waals surface area contributed by atoms with E-state index in [1.54, 1.807) is 0 Å². The zero-order chi connectivity index (χ0) is 18.0. The molecule has 5 rings (SSSR count). The number of quaternary nitrogens is 1. The average molecular weight is 357 g/mol. The summed E-state index contributed by atoms with van der Waals surface area (Å²) >= 11 is 0. The topological polar surface area (TPSA) is 29.5 Å². The molecule has 3 heterocycles. The maximum absolute atomic E-state index is 11.7. The number of nitrogens with zero attached hydrogens (tertiary/aromatic N) is 1. The van der Waals surface area contributed by atoms with Gasteiger partial charge in [0.05, 0.1) is 26.2 Å². The van der Waals surface area contributed by atoms with Gasteiger partial charge in [0.15, 0.2) is 0 Å². The standard InChI is InChI=1S/C23H34NO2/c1-2-14-24-15-12-19(13-16-24)22(17-24)26-18-23(25,21-10-6-7-11-21)20-8-4-3-5-9-20/h2-5,8-9,19,21-22,25H,1,6-7,10-18H2/q+1/t19?,22-,23-,24?/m0/s1. The molecule has 0 unspecified atom stereocenters. The molecular weight excluding hydrogens is 322 g/mol. The van der Waals surface area contributed by atoms with Crippen molar-refractivity contribution in [1.82, 2.24) is 0 Å². The molecule has 3 saturated heterocycles. The third kappa shape index (κ3) is 3.37. The summed E-state index contributed by atoms with van der Waals surface area (Å²) in [5.74, 6) is 0.991. The molecular formula is C23H34NO2+. The van der Waals surface area contributed by atoms with Gasteiger partial charge in [-0.25, -0.2) is 0 Å². The van der Waals surface area contributed by atoms with Gasteiger partial charge in [0, 0.05) is 18.8 Å². The molecule has 26 heavy (non-hydrogen) atoms. The highest BCUT2D eigenvalue weighted by atomic mass is 16.5. The number of fused-ring (bicyclic) bond motifs is 3. The van der Waals surface area contributed by atoms with Gasteiger partial charge in [-0.05, 0) is 30.4 Å². The van der Waals surface area contributed by atoms with E-state index in [9.17, 15) is 5.11 Å². The van der Waals surface area contributed by atoms with Crippen molar-refractivity contribution in [3.05, 3.63) is 48.6 Å². The molecule has 1 N–H and O–H groups in total. The number of aliphatic hydroxyl groups is 1. The first-order valence-electron chi connectivity index (χ1n) is 10.5. The van der Waals surface area contributed by atoms with Crippen molar-refractivity contribution in [3.63, 3.8) is 0 Å². The third-order valence-corrected chi connectivity index (χ3v) is 7.38. The van der Waals surface area contributed by atoms with Crippen molar-refractivity contribution in [2.75, 3.05) is 32.8 Å². The summed E-state index contributed by atoms with van der Waals surface area (Å²) in [7, 11) is 0. The number of rotatable bonds is 7. The van der Waals surface area contributed by atoms with Gasteiger partial charge in [0.25, 0.3) is 0 Å². The number of hydrogen-bond donors (Lipinski definition) is 1. The van der Waals surface area contributed by atoms with Crippen LogP contribution in [-0.4, -0.2) is 48.5 Å². The lowest BCUT2D eigenvalue weighted by atomic mass is 9.80. The number of benzene rings is 1. The lowest BCUT2D eigenvalue weighted by Gasteiger charge is -2.52. The van der Waals surface area contributed by atoms with Gasteiger partial charge < -0.3 is 14.3 Å². The summed E-state index contributed by atoms with van der Waals surface area (Å²) < 4.78 is 7.66. The van der Waals surface area contributed by atoms with Crippen LogP contribution in [0.1, 0.15) is 44.1 Å². The van der Waals surface area contributed by atoms with E-state index in [0.717, 1.165) is 36.0 Å². The van der Waals surface area contributed by atoms with Gasteiger partial charge in [-0.3, -0.25) is 0 Å². The van der Waals surface area contributed by atoms with Gasteiger partial charge in [-0.1, -0.05) is 49.8 Å². The van der Waals surface area contributed by atoms with Crippen LogP contribution in [-0.2, 0) is 10.3 Å². The molecule has 2 atom stereocenters. The van der Waals surface area contributed by atoms with Gasteiger partial charge in [-0.2, -0.15) is 0 Å². The SMILES string of the molecule is C=CC[N+]12CCC(CC1)[C@@H](OC[C@](O)(c1ccccc1)C1CCCC1)C2. The van der Waals surface area contributed by atoms with Crippen molar-refractivity contribution < 1.29 is 14.3 Å². The quantitative estimate of drug-likeness (QED) is 0.593. The normalized spacial score (nSPS) is 33.9. The van der Waals surface area contributed by atoms with Crippen LogP contribution < -0.4 is 0 Å². The van der Waals surface area contributed by atoms with E-state index >= 15 is 0 Å². The first-order valence-corrected chi connectivity index (χ1v) is 10.5. The Balaban J connectivity index is 1.49. The van der Waals surface area contributed by atoms with Crippen molar-refractivity contribution in [2.24, 2.45) is 11.8 Å². The lowest BCUT2D eigenvalue weighted by molar-refractivity contribution is -0.941. The van der Waals surface area contributed by atoms with Crippen LogP contribution in [0.3, 0.4) is 0 Å². The van der Waals surface area contributed by atoms with Crippen LogP contribution >= 0.6 is 0 Å².